The molecule has 1 aromatic carbocycles. The Balaban J connectivity index is 1.97. The minimum Gasteiger partial charge on any atom is -0.391 e. The zero-order valence-electron chi connectivity index (χ0n) is 15.4. The van der Waals surface area contributed by atoms with Gasteiger partial charge < -0.3 is 15.7 Å². The van der Waals surface area contributed by atoms with E-state index < -0.39 is 6.10 Å². The summed E-state index contributed by atoms with van der Waals surface area (Å²) < 4.78 is 1.89. The van der Waals surface area contributed by atoms with Crippen molar-refractivity contribution < 1.29 is 9.90 Å². The SMILES string of the molecule is CCC(C)C(O)CNC(=O)NCc1ccccc1-n1nc(C)cc1C. The molecule has 2 atom stereocenters. The normalized spacial score (nSPS) is 13.3. The number of aromatic nitrogens is 2. The maximum Gasteiger partial charge on any atom is 0.315 e. The number of benzene rings is 1. The number of amides is 2. The zero-order chi connectivity index (χ0) is 18.4. The van der Waals surface area contributed by atoms with Gasteiger partial charge in [0.2, 0.25) is 0 Å². The number of urea groups is 1. The Bertz CT molecular complexity index is 711. The summed E-state index contributed by atoms with van der Waals surface area (Å²) >= 11 is 0. The predicted octanol–water partition coefficient (Wildman–Crippen LogP) is 2.70. The van der Waals surface area contributed by atoms with Crippen LogP contribution in [0.4, 0.5) is 4.79 Å². The van der Waals surface area contributed by atoms with E-state index in [1.807, 2.05) is 62.7 Å². The monoisotopic (exact) mass is 344 g/mol. The van der Waals surface area contributed by atoms with Crippen LogP contribution in [0.2, 0.25) is 0 Å². The van der Waals surface area contributed by atoms with Gasteiger partial charge in [-0.15, -0.1) is 0 Å². The average Bonchev–Trinajstić information content (AvgIpc) is 2.95. The van der Waals surface area contributed by atoms with E-state index in [2.05, 4.69) is 15.7 Å². The molecule has 0 bridgehead atoms. The summed E-state index contributed by atoms with van der Waals surface area (Å²) in [6.45, 7) is 8.59. The molecule has 0 fully saturated rings. The molecule has 0 radical (unpaired) electrons. The lowest BCUT2D eigenvalue weighted by molar-refractivity contribution is 0.114. The number of carbonyl (C=O) groups is 1. The maximum absolute atomic E-state index is 12.0. The molecule has 0 aliphatic heterocycles. The maximum atomic E-state index is 12.0. The van der Waals surface area contributed by atoms with E-state index >= 15 is 0 Å². The van der Waals surface area contributed by atoms with Gasteiger partial charge in [-0.1, -0.05) is 38.5 Å². The molecule has 3 N–H and O–H groups in total. The Hall–Kier alpha value is -2.34. The molecule has 25 heavy (non-hydrogen) atoms. The standard InChI is InChI=1S/C19H28N4O2/c1-5-13(2)18(24)12-21-19(25)20-11-16-8-6-7-9-17(16)23-15(4)10-14(3)22-23/h6-10,13,18,24H,5,11-12H2,1-4H3,(H2,20,21,25). The second-order valence-electron chi connectivity index (χ2n) is 6.48. The Kier molecular flexibility index (Phi) is 6.58. The summed E-state index contributed by atoms with van der Waals surface area (Å²) in [6, 6.07) is 9.59. The van der Waals surface area contributed by atoms with E-state index in [0.717, 1.165) is 29.1 Å². The van der Waals surface area contributed by atoms with E-state index in [-0.39, 0.29) is 18.5 Å². The van der Waals surface area contributed by atoms with Gasteiger partial charge in [0.15, 0.2) is 0 Å². The summed E-state index contributed by atoms with van der Waals surface area (Å²) in [5.41, 5.74) is 3.93. The average molecular weight is 344 g/mol. The van der Waals surface area contributed by atoms with Crippen LogP contribution in [0.3, 0.4) is 0 Å². The van der Waals surface area contributed by atoms with Crippen LogP contribution in [-0.2, 0) is 6.54 Å². The smallest absolute Gasteiger partial charge is 0.315 e. The van der Waals surface area contributed by atoms with Crippen LogP contribution in [0, 0.1) is 19.8 Å². The van der Waals surface area contributed by atoms with E-state index in [4.69, 9.17) is 0 Å². The van der Waals surface area contributed by atoms with Gasteiger partial charge in [0.05, 0.1) is 17.5 Å². The molecule has 1 heterocycles. The van der Waals surface area contributed by atoms with Gasteiger partial charge in [0.25, 0.3) is 0 Å². The highest BCUT2D eigenvalue weighted by Gasteiger charge is 2.14. The molecule has 6 nitrogen and oxygen atoms in total. The van der Waals surface area contributed by atoms with Crippen molar-refractivity contribution in [2.24, 2.45) is 5.92 Å². The quantitative estimate of drug-likeness (QED) is 0.722. The predicted molar refractivity (Wildman–Crippen MR) is 98.7 cm³/mol. The molecule has 0 spiro atoms. The summed E-state index contributed by atoms with van der Waals surface area (Å²) in [6.07, 6.45) is 0.346. The van der Waals surface area contributed by atoms with Gasteiger partial charge in [-0.3, -0.25) is 0 Å². The lowest BCUT2D eigenvalue weighted by Gasteiger charge is -2.18. The molecule has 2 amide bonds. The molecule has 1 aromatic heterocycles. The van der Waals surface area contributed by atoms with Crippen molar-refractivity contribution in [3.63, 3.8) is 0 Å². The first-order valence-electron chi connectivity index (χ1n) is 8.73. The third-order valence-electron chi connectivity index (χ3n) is 4.44. The summed E-state index contributed by atoms with van der Waals surface area (Å²) in [5.74, 6) is 0.159. The van der Waals surface area contributed by atoms with Gasteiger partial charge in [-0.05, 0) is 37.5 Å². The first kappa shape index (κ1) is 19.0. The van der Waals surface area contributed by atoms with Gasteiger partial charge in [0, 0.05) is 18.8 Å². The molecular formula is C19H28N4O2. The molecule has 0 saturated carbocycles. The summed E-state index contributed by atoms with van der Waals surface area (Å²) in [5, 5.41) is 20.0. The second-order valence-corrected chi connectivity index (χ2v) is 6.48. The minimum absolute atomic E-state index is 0.159. The number of para-hydroxylation sites is 1. The van der Waals surface area contributed by atoms with E-state index in [1.165, 1.54) is 0 Å². The number of aliphatic hydroxyl groups is 1. The van der Waals surface area contributed by atoms with Crippen molar-refractivity contribution in [2.45, 2.75) is 46.8 Å². The lowest BCUT2D eigenvalue weighted by Crippen LogP contribution is -2.41. The fraction of sp³-hybridized carbons (Fsp3) is 0.474. The molecule has 2 unspecified atom stereocenters. The third-order valence-corrected chi connectivity index (χ3v) is 4.44. The fourth-order valence-electron chi connectivity index (χ4n) is 2.65. The topological polar surface area (TPSA) is 79.2 Å². The van der Waals surface area contributed by atoms with Gasteiger partial charge in [-0.2, -0.15) is 5.10 Å². The van der Waals surface area contributed by atoms with E-state index in [1.54, 1.807) is 0 Å². The number of nitrogens with one attached hydrogen (secondary N) is 2. The molecule has 0 saturated heterocycles. The molecule has 6 heteroatoms. The van der Waals surface area contributed by atoms with Crippen molar-refractivity contribution in [3.8, 4) is 5.69 Å². The fourth-order valence-corrected chi connectivity index (χ4v) is 2.65. The third kappa shape index (κ3) is 5.06. The Morgan fingerprint density at radius 3 is 2.64 bits per heavy atom. The van der Waals surface area contributed by atoms with Crippen LogP contribution in [0.15, 0.2) is 30.3 Å². The zero-order valence-corrected chi connectivity index (χ0v) is 15.4. The highest BCUT2D eigenvalue weighted by Crippen LogP contribution is 2.16. The minimum atomic E-state index is -0.530. The number of aryl methyl sites for hydroxylation is 2. The first-order chi connectivity index (χ1) is 11.9. The molecule has 0 aliphatic carbocycles. The van der Waals surface area contributed by atoms with Crippen LogP contribution in [0.5, 0.6) is 0 Å². The second kappa shape index (κ2) is 8.67. The molecule has 2 aromatic rings. The van der Waals surface area contributed by atoms with Crippen molar-refractivity contribution in [1.82, 2.24) is 20.4 Å². The number of hydrogen-bond donors (Lipinski definition) is 3. The highest BCUT2D eigenvalue weighted by molar-refractivity contribution is 5.74. The summed E-state index contributed by atoms with van der Waals surface area (Å²) in [7, 11) is 0. The van der Waals surface area contributed by atoms with E-state index in [9.17, 15) is 9.90 Å². The van der Waals surface area contributed by atoms with Crippen molar-refractivity contribution in [3.05, 3.63) is 47.3 Å². The largest absolute Gasteiger partial charge is 0.391 e. The molecule has 136 valence electrons. The number of hydrogen-bond acceptors (Lipinski definition) is 3. The number of rotatable bonds is 7. The van der Waals surface area contributed by atoms with Crippen LogP contribution < -0.4 is 10.6 Å². The van der Waals surface area contributed by atoms with Crippen LogP contribution in [0.1, 0.15) is 37.2 Å². The van der Waals surface area contributed by atoms with Crippen molar-refractivity contribution in [1.29, 1.82) is 0 Å². The number of nitrogens with zero attached hydrogens (tertiary/aromatic N) is 2. The highest BCUT2D eigenvalue weighted by atomic mass is 16.3. The molecule has 2 rings (SSSR count). The van der Waals surface area contributed by atoms with E-state index in [0.29, 0.717) is 6.54 Å². The Labute approximate surface area is 149 Å². The van der Waals surface area contributed by atoms with Gasteiger partial charge in [0.1, 0.15) is 0 Å². The molecular weight excluding hydrogens is 316 g/mol. The van der Waals surface area contributed by atoms with Gasteiger partial charge in [-0.25, -0.2) is 9.48 Å². The first-order valence-corrected chi connectivity index (χ1v) is 8.73. The van der Waals surface area contributed by atoms with Gasteiger partial charge >= 0.3 is 6.03 Å². The number of carbonyl (C=O) groups excluding carboxylic acids is 1. The summed E-state index contributed by atoms with van der Waals surface area (Å²) in [4.78, 5) is 12.0. The number of aliphatic hydroxyl groups excluding tert-OH is 1. The molecule has 0 aliphatic rings. The van der Waals surface area contributed by atoms with Crippen molar-refractivity contribution in [2.75, 3.05) is 6.54 Å². The van der Waals surface area contributed by atoms with Crippen molar-refractivity contribution >= 4 is 6.03 Å². The van der Waals surface area contributed by atoms with Crippen LogP contribution in [0.25, 0.3) is 5.69 Å². The van der Waals surface area contributed by atoms with Crippen LogP contribution in [-0.4, -0.2) is 33.6 Å². The Morgan fingerprint density at radius 1 is 1.28 bits per heavy atom. The lowest BCUT2D eigenvalue weighted by atomic mass is 10.0. The Morgan fingerprint density at radius 2 is 2.00 bits per heavy atom. The van der Waals surface area contributed by atoms with Crippen LogP contribution >= 0.6 is 0 Å².